The Morgan fingerprint density at radius 3 is 2.18 bits per heavy atom. The van der Waals surface area contributed by atoms with E-state index in [1.165, 1.54) is 0 Å². The van der Waals surface area contributed by atoms with Crippen LogP contribution in [0.5, 0.6) is 0 Å². The summed E-state index contributed by atoms with van der Waals surface area (Å²) in [7, 11) is 0. The molecule has 1 fully saturated rings. The third kappa shape index (κ3) is 2.63. The minimum atomic E-state index is -0.345. The number of rotatable bonds is 2. The quantitative estimate of drug-likeness (QED) is 0.857. The molecule has 3 heteroatoms. The molecule has 0 aromatic heterocycles. The fourth-order valence-electron chi connectivity index (χ4n) is 1.78. The van der Waals surface area contributed by atoms with Crippen molar-refractivity contribution >= 4 is 17.5 Å². The fourth-order valence-corrected chi connectivity index (χ4v) is 1.91. The molecule has 1 aromatic carbocycles. The number of hydrogen-bond acceptors (Lipinski definition) is 1. The van der Waals surface area contributed by atoms with E-state index in [0.29, 0.717) is 0 Å². The zero-order chi connectivity index (χ0) is 12.7. The summed E-state index contributed by atoms with van der Waals surface area (Å²) < 4.78 is 0. The lowest BCUT2D eigenvalue weighted by Crippen LogP contribution is -2.41. The molecule has 0 aliphatic heterocycles. The van der Waals surface area contributed by atoms with E-state index in [2.05, 4.69) is 5.32 Å². The summed E-state index contributed by atoms with van der Waals surface area (Å²) in [6.07, 6.45) is 2.02. The Kier molecular flexibility index (Phi) is 2.94. The molecule has 1 saturated carbocycles. The standard InChI is InChI=1S/C14H18ClNO/c1-13(2,3)12(17)16-14(8-9-14)10-4-6-11(15)7-5-10/h4-7H,8-9H2,1-3H3,(H,16,17). The average Bonchev–Trinajstić information content (AvgIpc) is 2.98. The van der Waals surface area contributed by atoms with Crippen LogP contribution >= 0.6 is 11.6 Å². The van der Waals surface area contributed by atoms with E-state index >= 15 is 0 Å². The van der Waals surface area contributed by atoms with Crippen LogP contribution in [0.4, 0.5) is 0 Å². The van der Waals surface area contributed by atoms with Crippen molar-refractivity contribution in [1.82, 2.24) is 5.32 Å². The Balaban J connectivity index is 2.15. The van der Waals surface area contributed by atoms with E-state index in [1.54, 1.807) is 0 Å². The van der Waals surface area contributed by atoms with Gasteiger partial charge in [0.1, 0.15) is 0 Å². The number of hydrogen-bond donors (Lipinski definition) is 1. The zero-order valence-corrected chi connectivity index (χ0v) is 11.3. The highest BCUT2D eigenvalue weighted by Gasteiger charge is 2.46. The van der Waals surface area contributed by atoms with Crippen molar-refractivity contribution < 1.29 is 4.79 Å². The molecule has 0 bridgehead atoms. The van der Waals surface area contributed by atoms with E-state index in [0.717, 1.165) is 23.4 Å². The van der Waals surface area contributed by atoms with Gasteiger partial charge in [-0.25, -0.2) is 0 Å². The molecular formula is C14H18ClNO. The van der Waals surface area contributed by atoms with Crippen LogP contribution in [-0.4, -0.2) is 5.91 Å². The molecule has 92 valence electrons. The van der Waals surface area contributed by atoms with Gasteiger partial charge in [0.15, 0.2) is 0 Å². The second-order valence-corrected chi connectivity index (χ2v) is 6.23. The second-order valence-electron chi connectivity index (χ2n) is 5.79. The topological polar surface area (TPSA) is 29.1 Å². The van der Waals surface area contributed by atoms with E-state index < -0.39 is 0 Å². The summed E-state index contributed by atoms with van der Waals surface area (Å²) in [6, 6.07) is 7.75. The Hall–Kier alpha value is -1.02. The molecule has 2 rings (SSSR count). The van der Waals surface area contributed by atoms with E-state index in [9.17, 15) is 4.79 Å². The van der Waals surface area contributed by atoms with Gasteiger partial charge in [0, 0.05) is 10.4 Å². The third-order valence-electron chi connectivity index (χ3n) is 3.18. The molecule has 1 N–H and O–H groups in total. The van der Waals surface area contributed by atoms with Crippen molar-refractivity contribution in [2.75, 3.05) is 0 Å². The zero-order valence-electron chi connectivity index (χ0n) is 10.5. The van der Waals surface area contributed by atoms with Crippen LogP contribution < -0.4 is 5.32 Å². The SMILES string of the molecule is CC(C)(C)C(=O)NC1(c2ccc(Cl)cc2)CC1. The summed E-state index contributed by atoms with van der Waals surface area (Å²) in [6.45, 7) is 5.79. The fraction of sp³-hybridized carbons (Fsp3) is 0.500. The van der Waals surface area contributed by atoms with Crippen molar-refractivity contribution in [2.24, 2.45) is 5.41 Å². The van der Waals surface area contributed by atoms with E-state index in [4.69, 9.17) is 11.6 Å². The number of carbonyl (C=O) groups is 1. The van der Waals surface area contributed by atoms with Gasteiger partial charge < -0.3 is 5.32 Å². The molecule has 2 nitrogen and oxygen atoms in total. The summed E-state index contributed by atoms with van der Waals surface area (Å²) in [4.78, 5) is 12.0. The molecule has 17 heavy (non-hydrogen) atoms. The maximum absolute atomic E-state index is 12.0. The van der Waals surface area contributed by atoms with E-state index in [-0.39, 0.29) is 16.9 Å². The van der Waals surface area contributed by atoms with Gasteiger partial charge in [-0.15, -0.1) is 0 Å². The van der Waals surface area contributed by atoms with Crippen LogP contribution in [0.15, 0.2) is 24.3 Å². The van der Waals surface area contributed by atoms with Crippen LogP contribution in [0.2, 0.25) is 5.02 Å². The molecule has 1 aromatic rings. The maximum Gasteiger partial charge on any atom is 0.226 e. The average molecular weight is 252 g/mol. The van der Waals surface area contributed by atoms with Crippen LogP contribution in [0.3, 0.4) is 0 Å². The predicted octanol–water partition coefficient (Wildman–Crippen LogP) is 3.49. The van der Waals surface area contributed by atoms with Crippen molar-refractivity contribution in [1.29, 1.82) is 0 Å². The first-order valence-electron chi connectivity index (χ1n) is 5.92. The van der Waals surface area contributed by atoms with Gasteiger partial charge in [0.2, 0.25) is 5.91 Å². The molecule has 0 spiro atoms. The molecule has 1 aliphatic rings. The highest BCUT2D eigenvalue weighted by atomic mass is 35.5. The smallest absolute Gasteiger partial charge is 0.226 e. The Morgan fingerprint density at radius 2 is 1.76 bits per heavy atom. The largest absolute Gasteiger partial charge is 0.346 e. The van der Waals surface area contributed by atoms with Crippen LogP contribution in [0, 0.1) is 5.41 Å². The lowest BCUT2D eigenvalue weighted by Gasteiger charge is -2.24. The van der Waals surface area contributed by atoms with Crippen LogP contribution in [-0.2, 0) is 10.3 Å². The van der Waals surface area contributed by atoms with Gasteiger partial charge in [0.05, 0.1) is 5.54 Å². The molecule has 1 aliphatic carbocycles. The Bertz CT molecular complexity index is 427. The summed E-state index contributed by atoms with van der Waals surface area (Å²) in [5.41, 5.74) is 0.663. The number of nitrogens with one attached hydrogen (secondary N) is 1. The number of benzene rings is 1. The highest BCUT2D eigenvalue weighted by Crippen LogP contribution is 2.46. The summed E-state index contributed by atoms with van der Waals surface area (Å²) in [5, 5.41) is 3.89. The van der Waals surface area contributed by atoms with Crippen molar-refractivity contribution in [3.8, 4) is 0 Å². The lowest BCUT2D eigenvalue weighted by atomic mass is 9.94. The van der Waals surface area contributed by atoms with Crippen LogP contribution in [0.1, 0.15) is 39.2 Å². The molecular weight excluding hydrogens is 234 g/mol. The van der Waals surface area contributed by atoms with Crippen molar-refractivity contribution in [3.63, 3.8) is 0 Å². The first kappa shape index (κ1) is 12.4. The number of carbonyl (C=O) groups excluding carboxylic acids is 1. The van der Waals surface area contributed by atoms with Crippen molar-refractivity contribution in [2.45, 2.75) is 39.2 Å². The Labute approximate surface area is 107 Å². The van der Waals surface area contributed by atoms with Crippen LogP contribution in [0.25, 0.3) is 0 Å². The first-order chi connectivity index (χ1) is 7.83. The third-order valence-corrected chi connectivity index (χ3v) is 3.43. The Morgan fingerprint density at radius 1 is 1.24 bits per heavy atom. The highest BCUT2D eigenvalue weighted by molar-refractivity contribution is 6.30. The lowest BCUT2D eigenvalue weighted by molar-refractivity contribution is -0.129. The van der Waals surface area contributed by atoms with Gasteiger partial charge in [0.25, 0.3) is 0 Å². The first-order valence-corrected chi connectivity index (χ1v) is 6.30. The maximum atomic E-state index is 12.0. The second kappa shape index (κ2) is 4.02. The van der Waals surface area contributed by atoms with Gasteiger partial charge in [-0.05, 0) is 30.5 Å². The molecule has 0 atom stereocenters. The number of halogens is 1. The van der Waals surface area contributed by atoms with Gasteiger partial charge >= 0.3 is 0 Å². The van der Waals surface area contributed by atoms with Gasteiger partial charge in [-0.2, -0.15) is 0 Å². The molecule has 1 amide bonds. The molecule has 0 unspecified atom stereocenters. The monoisotopic (exact) mass is 251 g/mol. The summed E-state index contributed by atoms with van der Waals surface area (Å²) >= 11 is 5.87. The van der Waals surface area contributed by atoms with E-state index in [1.807, 2.05) is 45.0 Å². The predicted molar refractivity (Wildman–Crippen MR) is 70.0 cm³/mol. The summed E-state index contributed by atoms with van der Waals surface area (Å²) in [5.74, 6) is 0.102. The minimum Gasteiger partial charge on any atom is -0.346 e. The van der Waals surface area contributed by atoms with Gasteiger partial charge in [-0.1, -0.05) is 44.5 Å². The molecule has 0 saturated heterocycles. The minimum absolute atomic E-state index is 0.102. The molecule has 0 radical (unpaired) electrons. The van der Waals surface area contributed by atoms with Crippen molar-refractivity contribution in [3.05, 3.63) is 34.9 Å². The normalized spacial score (nSPS) is 17.6. The van der Waals surface area contributed by atoms with Gasteiger partial charge in [-0.3, -0.25) is 4.79 Å². The number of amides is 1. The molecule has 0 heterocycles.